The van der Waals surface area contributed by atoms with E-state index < -0.39 is 23.6 Å². The number of nitrogens with zero attached hydrogens (tertiary/aromatic N) is 4. The van der Waals surface area contributed by atoms with Crippen LogP contribution in [0.15, 0.2) is 24.4 Å². The number of halogens is 2. The van der Waals surface area contributed by atoms with E-state index in [2.05, 4.69) is 15.6 Å². The van der Waals surface area contributed by atoms with Crippen molar-refractivity contribution in [2.75, 3.05) is 35.8 Å². The topological polar surface area (TPSA) is 103 Å². The van der Waals surface area contributed by atoms with Crippen molar-refractivity contribution in [2.24, 2.45) is 5.41 Å². The average Bonchev–Trinajstić information content (AvgIpc) is 3.81. The number of amides is 1. The molecule has 3 fully saturated rings. The summed E-state index contributed by atoms with van der Waals surface area (Å²) in [6.07, 6.45) is 4.32. The van der Waals surface area contributed by atoms with Gasteiger partial charge in [-0.25, -0.2) is 13.8 Å². The summed E-state index contributed by atoms with van der Waals surface area (Å²) in [5.41, 5.74) is 1.25. The molecule has 4 aliphatic rings. The molecule has 3 aliphatic carbocycles. The second-order valence-corrected chi connectivity index (χ2v) is 10.9. The first-order chi connectivity index (χ1) is 17.7. The van der Waals surface area contributed by atoms with Crippen LogP contribution in [0.2, 0.25) is 0 Å². The Hall–Kier alpha value is -3.05. The first-order valence-electron chi connectivity index (χ1n) is 12.9. The minimum Gasteiger partial charge on any atom is -0.495 e. The van der Waals surface area contributed by atoms with Crippen LogP contribution in [-0.4, -0.2) is 59.7 Å². The molecule has 1 unspecified atom stereocenters. The number of aliphatic hydroxyl groups is 1. The molecule has 11 heteroatoms. The molecule has 1 aromatic heterocycles. The Kier molecular flexibility index (Phi) is 5.76. The maximum atomic E-state index is 14.2. The predicted octanol–water partition coefficient (Wildman–Crippen LogP) is 3.72. The zero-order valence-electron chi connectivity index (χ0n) is 21.0. The number of benzene rings is 1. The standard InChI is InChI=1S/C26H32F2N6O3/c1-33-19-13-29-24(31-18-6-3-15(11-20(18)37-2)22(35)30-16-4-5-16)32-21(19)34(14-25(9-10-25)23(33)36)17-7-8-26(27,28)12-17/h3,6,11,13,16-17,22,30,35H,4-5,7-10,12,14H2,1-2H3,(H,29,31,32)/t17-,22?/m1/s1. The highest BCUT2D eigenvalue weighted by Gasteiger charge is 2.56. The number of nitrogens with one attached hydrogen (secondary N) is 2. The van der Waals surface area contributed by atoms with E-state index in [1.54, 1.807) is 43.5 Å². The summed E-state index contributed by atoms with van der Waals surface area (Å²) in [4.78, 5) is 25.9. The van der Waals surface area contributed by atoms with Crippen molar-refractivity contribution in [2.45, 2.75) is 69.2 Å². The minimum absolute atomic E-state index is 0.0130. The fourth-order valence-electron chi connectivity index (χ4n) is 5.50. The van der Waals surface area contributed by atoms with E-state index in [1.807, 2.05) is 4.90 Å². The molecule has 37 heavy (non-hydrogen) atoms. The Morgan fingerprint density at radius 3 is 2.65 bits per heavy atom. The molecule has 0 saturated heterocycles. The van der Waals surface area contributed by atoms with Crippen LogP contribution >= 0.6 is 0 Å². The number of carbonyl (C=O) groups is 1. The fourth-order valence-corrected chi connectivity index (χ4v) is 5.50. The van der Waals surface area contributed by atoms with Crippen LogP contribution < -0.4 is 25.2 Å². The Morgan fingerprint density at radius 1 is 1.22 bits per heavy atom. The van der Waals surface area contributed by atoms with Crippen LogP contribution in [0.5, 0.6) is 5.75 Å². The number of fused-ring (bicyclic) bond motifs is 1. The van der Waals surface area contributed by atoms with Crippen LogP contribution in [0.25, 0.3) is 0 Å². The molecular formula is C26H32F2N6O3. The van der Waals surface area contributed by atoms with Gasteiger partial charge in [-0.15, -0.1) is 0 Å². The molecule has 9 nitrogen and oxygen atoms in total. The summed E-state index contributed by atoms with van der Waals surface area (Å²) >= 11 is 0. The van der Waals surface area contributed by atoms with E-state index >= 15 is 0 Å². The van der Waals surface area contributed by atoms with Gasteiger partial charge in [0.1, 0.15) is 17.7 Å². The average molecular weight is 515 g/mol. The molecule has 1 aliphatic heterocycles. The first-order valence-corrected chi connectivity index (χ1v) is 12.9. The normalized spacial score (nSPS) is 24.6. The molecule has 2 atom stereocenters. The lowest BCUT2D eigenvalue weighted by molar-refractivity contribution is -0.122. The third kappa shape index (κ3) is 4.59. The van der Waals surface area contributed by atoms with Crippen molar-refractivity contribution < 1.29 is 23.4 Å². The van der Waals surface area contributed by atoms with Gasteiger partial charge in [-0.2, -0.15) is 4.98 Å². The summed E-state index contributed by atoms with van der Waals surface area (Å²) in [5.74, 6) is -1.47. The van der Waals surface area contributed by atoms with Gasteiger partial charge in [-0.05, 0) is 49.8 Å². The number of aromatic nitrogens is 2. The van der Waals surface area contributed by atoms with Crippen LogP contribution in [0.3, 0.4) is 0 Å². The minimum atomic E-state index is -2.72. The summed E-state index contributed by atoms with van der Waals surface area (Å²) in [6.45, 7) is 0.379. The van der Waals surface area contributed by atoms with Gasteiger partial charge in [-0.3, -0.25) is 10.1 Å². The molecule has 2 heterocycles. The molecule has 0 radical (unpaired) electrons. The Labute approximate surface area is 214 Å². The monoisotopic (exact) mass is 514 g/mol. The van der Waals surface area contributed by atoms with Gasteiger partial charge in [0, 0.05) is 38.5 Å². The Balaban J connectivity index is 1.31. The first kappa shape index (κ1) is 24.3. The van der Waals surface area contributed by atoms with Crippen LogP contribution in [0, 0.1) is 5.41 Å². The Bertz CT molecular complexity index is 1220. The molecule has 1 aromatic carbocycles. The van der Waals surface area contributed by atoms with Gasteiger partial charge in [0.05, 0.1) is 24.4 Å². The molecule has 2 aromatic rings. The van der Waals surface area contributed by atoms with Gasteiger partial charge in [0.15, 0.2) is 5.82 Å². The van der Waals surface area contributed by atoms with Gasteiger partial charge in [0.25, 0.3) is 0 Å². The molecule has 0 bridgehead atoms. The number of anilines is 4. The second kappa shape index (κ2) is 8.76. The number of hydrogen-bond acceptors (Lipinski definition) is 8. The van der Waals surface area contributed by atoms with Crippen LogP contribution in [0.1, 0.15) is 56.7 Å². The molecule has 1 amide bonds. The molecule has 1 spiro atoms. The highest BCUT2D eigenvalue weighted by Crippen LogP contribution is 2.53. The highest BCUT2D eigenvalue weighted by molar-refractivity contribution is 6.02. The van der Waals surface area contributed by atoms with E-state index in [0.29, 0.717) is 47.5 Å². The molecule has 3 saturated carbocycles. The maximum absolute atomic E-state index is 14.2. The van der Waals surface area contributed by atoms with E-state index in [9.17, 15) is 18.7 Å². The van der Waals surface area contributed by atoms with Crippen molar-refractivity contribution in [3.8, 4) is 5.75 Å². The van der Waals surface area contributed by atoms with Crippen LogP contribution in [-0.2, 0) is 4.79 Å². The van der Waals surface area contributed by atoms with Crippen LogP contribution in [0.4, 0.5) is 31.9 Å². The zero-order chi connectivity index (χ0) is 25.9. The molecular weight excluding hydrogens is 482 g/mol. The number of ether oxygens (including phenoxy) is 1. The van der Waals surface area contributed by atoms with Crippen molar-refractivity contribution in [1.29, 1.82) is 0 Å². The van der Waals surface area contributed by atoms with Gasteiger partial charge in [0.2, 0.25) is 17.8 Å². The molecule has 6 rings (SSSR count). The Morgan fingerprint density at radius 2 is 2.00 bits per heavy atom. The quantitative estimate of drug-likeness (QED) is 0.481. The highest BCUT2D eigenvalue weighted by atomic mass is 19.3. The number of rotatable bonds is 7. The van der Waals surface area contributed by atoms with Crippen molar-refractivity contribution in [3.05, 3.63) is 30.0 Å². The number of alkyl halides is 2. The zero-order valence-corrected chi connectivity index (χ0v) is 21.0. The number of hydrogen-bond donors (Lipinski definition) is 3. The lowest BCUT2D eigenvalue weighted by atomic mass is 10.0. The van der Waals surface area contributed by atoms with E-state index in [-0.39, 0.29) is 24.7 Å². The van der Waals surface area contributed by atoms with E-state index in [0.717, 1.165) is 25.7 Å². The summed E-state index contributed by atoms with van der Waals surface area (Å²) in [6, 6.07) is 5.27. The summed E-state index contributed by atoms with van der Waals surface area (Å²) < 4.78 is 34.0. The van der Waals surface area contributed by atoms with Gasteiger partial charge in [-0.1, -0.05) is 6.07 Å². The molecule has 198 valence electrons. The van der Waals surface area contributed by atoms with Gasteiger partial charge < -0.3 is 25.0 Å². The van der Waals surface area contributed by atoms with E-state index in [1.165, 1.54) is 0 Å². The fraction of sp³-hybridized carbons (Fsp3) is 0.577. The summed E-state index contributed by atoms with van der Waals surface area (Å²) in [7, 11) is 3.24. The lowest BCUT2D eigenvalue weighted by Gasteiger charge is -2.31. The van der Waals surface area contributed by atoms with Crippen molar-refractivity contribution in [1.82, 2.24) is 15.3 Å². The number of methoxy groups -OCH3 is 1. The van der Waals surface area contributed by atoms with Crippen molar-refractivity contribution >= 4 is 29.0 Å². The third-order valence-electron chi connectivity index (χ3n) is 8.05. The SMILES string of the molecule is COc1cc(C(O)NC2CC2)ccc1Nc1ncc2c(n1)N([C@@H]1CCC(F)(F)C1)CC1(CC1)C(=O)N2C. The second-order valence-electron chi connectivity index (χ2n) is 10.9. The van der Waals surface area contributed by atoms with E-state index in [4.69, 9.17) is 9.72 Å². The molecule has 3 N–H and O–H groups in total. The summed E-state index contributed by atoms with van der Waals surface area (Å²) in [5, 5.41) is 16.8. The smallest absolute Gasteiger partial charge is 0.250 e. The number of aliphatic hydroxyl groups excluding tert-OH is 1. The largest absolute Gasteiger partial charge is 0.495 e. The third-order valence-corrected chi connectivity index (χ3v) is 8.05. The van der Waals surface area contributed by atoms with Gasteiger partial charge >= 0.3 is 0 Å². The predicted molar refractivity (Wildman–Crippen MR) is 134 cm³/mol. The number of carbonyl (C=O) groups excluding carboxylic acids is 1. The lowest BCUT2D eigenvalue weighted by Crippen LogP contribution is -2.41. The van der Waals surface area contributed by atoms with Crippen molar-refractivity contribution in [3.63, 3.8) is 0 Å². The maximum Gasteiger partial charge on any atom is 0.250 e.